The number of nitrogens with one attached hydrogen (secondary N) is 1. The van der Waals surface area contributed by atoms with Gasteiger partial charge >= 0.3 is 0 Å². The lowest BCUT2D eigenvalue weighted by Gasteiger charge is -2.32. The van der Waals surface area contributed by atoms with Crippen molar-refractivity contribution in [2.45, 2.75) is 19.8 Å². The second-order valence-electron chi connectivity index (χ2n) is 7.85. The van der Waals surface area contributed by atoms with Crippen molar-refractivity contribution in [1.29, 1.82) is 0 Å². The number of carbonyl (C=O) groups excluding carboxylic acids is 2. The highest BCUT2D eigenvalue weighted by molar-refractivity contribution is 7.12. The average molecular weight is 419 g/mol. The summed E-state index contributed by atoms with van der Waals surface area (Å²) in [5.41, 5.74) is 3.93. The van der Waals surface area contributed by atoms with E-state index in [1.165, 1.54) is 11.3 Å². The van der Waals surface area contributed by atoms with Gasteiger partial charge in [0.1, 0.15) is 0 Å². The number of hydrogen-bond acceptors (Lipinski definition) is 3. The predicted molar refractivity (Wildman–Crippen MR) is 122 cm³/mol. The third-order valence-electron chi connectivity index (χ3n) is 5.67. The number of nitrogens with zero attached hydrogens (tertiary/aromatic N) is 1. The number of amides is 2. The number of carbonyl (C=O) groups is 2. The molecule has 4 rings (SSSR count). The minimum absolute atomic E-state index is 0.0628. The van der Waals surface area contributed by atoms with E-state index < -0.39 is 0 Å². The zero-order valence-electron chi connectivity index (χ0n) is 17.1. The van der Waals surface area contributed by atoms with Crippen LogP contribution in [0.5, 0.6) is 0 Å². The molecule has 154 valence electrons. The monoisotopic (exact) mass is 418 g/mol. The first kappa shape index (κ1) is 20.4. The molecule has 0 bridgehead atoms. The topological polar surface area (TPSA) is 49.4 Å². The molecule has 2 aromatic carbocycles. The molecule has 1 unspecified atom stereocenters. The van der Waals surface area contributed by atoms with Gasteiger partial charge in [0.05, 0.1) is 4.88 Å². The second kappa shape index (κ2) is 9.26. The summed E-state index contributed by atoms with van der Waals surface area (Å²) < 4.78 is 0. The summed E-state index contributed by atoms with van der Waals surface area (Å²) in [5.74, 6) is 0.345. The Labute approximate surface area is 181 Å². The summed E-state index contributed by atoms with van der Waals surface area (Å²) in [5, 5.41) is 5.02. The van der Waals surface area contributed by atoms with Gasteiger partial charge in [-0.15, -0.1) is 11.3 Å². The van der Waals surface area contributed by atoms with E-state index in [1.54, 1.807) is 0 Å². The van der Waals surface area contributed by atoms with Crippen LogP contribution in [0.15, 0.2) is 66.0 Å². The first-order chi connectivity index (χ1) is 14.6. The molecule has 4 nitrogen and oxygen atoms in total. The summed E-state index contributed by atoms with van der Waals surface area (Å²) in [6.45, 7) is 4.06. The predicted octanol–water partition coefficient (Wildman–Crippen LogP) is 5.01. The number of benzene rings is 2. The summed E-state index contributed by atoms with van der Waals surface area (Å²) in [4.78, 5) is 28.1. The molecule has 5 heteroatoms. The molecule has 2 heterocycles. The van der Waals surface area contributed by atoms with Gasteiger partial charge in [-0.3, -0.25) is 9.59 Å². The largest absolute Gasteiger partial charge is 0.352 e. The Morgan fingerprint density at radius 1 is 1.03 bits per heavy atom. The van der Waals surface area contributed by atoms with Crippen LogP contribution in [-0.2, 0) is 0 Å². The zero-order chi connectivity index (χ0) is 20.9. The Morgan fingerprint density at radius 3 is 2.47 bits per heavy atom. The molecule has 0 aliphatic carbocycles. The van der Waals surface area contributed by atoms with Crippen LogP contribution in [0.2, 0.25) is 0 Å². The highest BCUT2D eigenvalue weighted by Crippen LogP contribution is 2.23. The van der Waals surface area contributed by atoms with Gasteiger partial charge in [0.2, 0.25) is 0 Å². The smallest absolute Gasteiger partial charge is 0.264 e. The van der Waals surface area contributed by atoms with E-state index >= 15 is 0 Å². The van der Waals surface area contributed by atoms with Crippen molar-refractivity contribution < 1.29 is 9.59 Å². The molecule has 0 saturated carbocycles. The Bertz CT molecular complexity index is 1010. The first-order valence-electron chi connectivity index (χ1n) is 10.4. The third-order valence-corrected chi connectivity index (χ3v) is 6.67. The summed E-state index contributed by atoms with van der Waals surface area (Å²) in [7, 11) is 0. The van der Waals surface area contributed by atoms with E-state index in [-0.39, 0.29) is 17.7 Å². The maximum absolute atomic E-state index is 12.8. The second-order valence-corrected chi connectivity index (χ2v) is 8.76. The summed E-state index contributed by atoms with van der Waals surface area (Å²) in [6, 6.07) is 19.8. The average Bonchev–Trinajstić information content (AvgIpc) is 3.23. The summed E-state index contributed by atoms with van der Waals surface area (Å²) in [6.07, 6.45) is 2.00. The molecule has 30 heavy (non-hydrogen) atoms. The minimum Gasteiger partial charge on any atom is -0.352 e. The van der Waals surface area contributed by atoms with Crippen LogP contribution in [0, 0.1) is 12.8 Å². The fourth-order valence-electron chi connectivity index (χ4n) is 3.94. The van der Waals surface area contributed by atoms with E-state index in [2.05, 4.69) is 17.4 Å². The highest BCUT2D eigenvalue weighted by Gasteiger charge is 2.26. The molecule has 0 spiro atoms. The molecule has 1 aliphatic heterocycles. The van der Waals surface area contributed by atoms with E-state index in [0.29, 0.717) is 18.7 Å². The van der Waals surface area contributed by atoms with Crippen molar-refractivity contribution in [3.05, 3.63) is 82.0 Å². The van der Waals surface area contributed by atoms with Crippen molar-refractivity contribution in [2.75, 3.05) is 19.6 Å². The Morgan fingerprint density at radius 2 is 1.77 bits per heavy atom. The maximum Gasteiger partial charge on any atom is 0.264 e. The summed E-state index contributed by atoms with van der Waals surface area (Å²) >= 11 is 1.51. The van der Waals surface area contributed by atoms with Gasteiger partial charge in [0.25, 0.3) is 11.8 Å². The van der Waals surface area contributed by atoms with Crippen molar-refractivity contribution in [3.8, 4) is 11.1 Å². The van der Waals surface area contributed by atoms with E-state index in [1.807, 2.05) is 65.7 Å². The van der Waals surface area contributed by atoms with Crippen LogP contribution in [0.3, 0.4) is 0 Å². The van der Waals surface area contributed by atoms with Gasteiger partial charge in [-0.2, -0.15) is 0 Å². The van der Waals surface area contributed by atoms with Crippen LogP contribution >= 0.6 is 11.3 Å². The zero-order valence-corrected chi connectivity index (χ0v) is 18.0. The molecular formula is C25H26N2O2S. The van der Waals surface area contributed by atoms with Crippen molar-refractivity contribution in [3.63, 3.8) is 0 Å². The molecular weight excluding hydrogens is 392 g/mol. The molecule has 1 atom stereocenters. The van der Waals surface area contributed by atoms with Crippen LogP contribution in [0.4, 0.5) is 0 Å². The Kier molecular flexibility index (Phi) is 6.29. The Balaban J connectivity index is 1.32. The van der Waals surface area contributed by atoms with E-state index in [9.17, 15) is 9.59 Å². The van der Waals surface area contributed by atoms with Gasteiger partial charge in [-0.25, -0.2) is 0 Å². The number of likely N-dealkylation sites (tertiary alicyclic amines) is 1. The van der Waals surface area contributed by atoms with Crippen LogP contribution in [0.25, 0.3) is 11.1 Å². The molecule has 3 aromatic rings. The van der Waals surface area contributed by atoms with Gasteiger partial charge < -0.3 is 10.2 Å². The molecule has 1 N–H and O–H groups in total. The molecule has 0 radical (unpaired) electrons. The number of aryl methyl sites for hydroxylation is 1. The fourth-order valence-corrected chi connectivity index (χ4v) is 4.83. The van der Waals surface area contributed by atoms with Gasteiger partial charge in [-0.1, -0.05) is 42.5 Å². The minimum atomic E-state index is -0.0628. The molecule has 2 amide bonds. The van der Waals surface area contributed by atoms with Crippen molar-refractivity contribution in [1.82, 2.24) is 10.2 Å². The quantitative estimate of drug-likeness (QED) is 0.633. The van der Waals surface area contributed by atoms with Crippen molar-refractivity contribution >= 4 is 23.2 Å². The van der Waals surface area contributed by atoms with Gasteiger partial charge in [0.15, 0.2) is 0 Å². The van der Waals surface area contributed by atoms with Gasteiger partial charge in [-0.05, 0) is 66.0 Å². The first-order valence-corrected chi connectivity index (χ1v) is 11.3. The number of piperidine rings is 1. The number of hydrogen-bond donors (Lipinski definition) is 1. The lowest BCUT2D eigenvalue weighted by Crippen LogP contribution is -2.43. The van der Waals surface area contributed by atoms with Gasteiger partial charge in [0, 0.05) is 25.2 Å². The van der Waals surface area contributed by atoms with Crippen LogP contribution in [-0.4, -0.2) is 36.3 Å². The van der Waals surface area contributed by atoms with Crippen LogP contribution < -0.4 is 5.32 Å². The maximum atomic E-state index is 12.8. The highest BCUT2D eigenvalue weighted by atomic mass is 32.1. The normalized spacial score (nSPS) is 16.3. The molecule has 1 aromatic heterocycles. The Hall–Kier alpha value is -2.92. The van der Waals surface area contributed by atoms with Crippen molar-refractivity contribution in [2.24, 2.45) is 5.92 Å². The fraction of sp³-hybridized carbons (Fsp3) is 0.280. The third kappa shape index (κ3) is 4.62. The SMILES string of the molecule is Cc1ccsc1C(=O)N1CCCC(CNC(=O)c2ccc(-c3ccccc3)cc2)C1. The number of thiophene rings is 1. The molecule has 1 aliphatic rings. The molecule has 1 fully saturated rings. The molecule has 1 saturated heterocycles. The van der Waals surface area contributed by atoms with E-state index in [4.69, 9.17) is 0 Å². The lowest BCUT2D eigenvalue weighted by atomic mass is 9.97. The van der Waals surface area contributed by atoms with E-state index in [0.717, 1.165) is 41.0 Å². The number of rotatable bonds is 5. The van der Waals surface area contributed by atoms with Crippen LogP contribution in [0.1, 0.15) is 38.4 Å². The lowest BCUT2D eigenvalue weighted by molar-refractivity contribution is 0.0675. The standard InChI is InChI=1S/C25H26N2O2S/c1-18-13-15-30-23(18)25(29)27-14-5-6-19(17-27)16-26-24(28)22-11-9-21(10-12-22)20-7-3-2-4-8-20/h2-4,7-13,15,19H,5-6,14,16-17H2,1H3,(H,26,28).